The second kappa shape index (κ2) is 8.16. The van der Waals surface area contributed by atoms with Crippen molar-refractivity contribution in [1.29, 1.82) is 0 Å². The third-order valence-corrected chi connectivity index (χ3v) is 4.83. The normalized spacial score (nSPS) is 15.0. The summed E-state index contributed by atoms with van der Waals surface area (Å²) in [7, 11) is 0. The van der Waals surface area contributed by atoms with E-state index in [1.165, 1.54) is 0 Å². The van der Waals surface area contributed by atoms with Gasteiger partial charge in [0.25, 0.3) is 5.91 Å². The van der Waals surface area contributed by atoms with Crippen molar-refractivity contribution < 1.29 is 9.21 Å². The first-order valence-electron chi connectivity index (χ1n) is 8.54. The van der Waals surface area contributed by atoms with Crippen molar-refractivity contribution in [3.05, 3.63) is 59.5 Å². The molecule has 0 spiro atoms. The van der Waals surface area contributed by atoms with Gasteiger partial charge in [0.15, 0.2) is 5.11 Å². The van der Waals surface area contributed by atoms with Crippen molar-refractivity contribution in [2.75, 3.05) is 13.1 Å². The fourth-order valence-electron chi connectivity index (χ4n) is 2.89. The molecule has 1 saturated heterocycles. The van der Waals surface area contributed by atoms with Gasteiger partial charge in [-0.25, -0.2) is 0 Å². The van der Waals surface area contributed by atoms with Gasteiger partial charge in [-0.2, -0.15) is 0 Å². The van der Waals surface area contributed by atoms with E-state index in [0.717, 1.165) is 42.4 Å². The molecule has 2 aromatic rings. The van der Waals surface area contributed by atoms with E-state index in [2.05, 4.69) is 15.5 Å². The Morgan fingerprint density at radius 2 is 1.96 bits per heavy atom. The van der Waals surface area contributed by atoms with Gasteiger partial charge < -0.3 is 20.0 Å². The monoisotopic (exact) mass is 357 g/mol. The van der Waals surface area contributed by atoms with Gasteiger partial charge in [0.2, 0.25) is 0 Å². The summed E-state index contributed by atoms with van der Waals surface area (Å²) in [5.74, 6) is 0.861. The second-order valence-electron chi connectivity index (χ2n) is 6.34. The molecule has 1 aliphatic rings. The lowest BCUT2D eigenvalue weighted by molar-refractivity contribution is 0.0922. The molecule has 1 aliphatic heterocycles. The van der Waals surface area contributed by atoms with Gasteiger partial charge in [-0.15, -0.1) is 0 Å². The Labute approximate surface area is 153 Å². The fraction of sp³-hybridized carbons (Fsp3) is 0.368. The molecule has 132 valence electrons. The summed E-state index contributed by atoms with van der Waals surface area (Å²) in [6.07, 6.45) is 3.43. The first kappa shape index (κ1) is 17.5. The number of piperidine rings is 1. The lowest BCUT2D eigenvalue weighted by Gasteiger charge is -2.34. The fourth-order valence-corrected chi connectivity index (χ4v) is 3.14. The van der Waals surface area contributed by atoms with E-state index in [4.69, 9.17) is 16.6 Å². The molecule has 25 heavy (non-hydrogen) atoms. The third-order valence-electron chi connectivity index (χ3n) is 4.43. The molecule has 1 amide bonds. The number of furan rings is 1. The second-order valence-corrected chi connectivity index (χ2v) is 6.73. The van der Waals surface area contributed by atoms with Crippen LogP contribution in [0.3, 0.4) is 0 Å². The number of aryl methyl sites for hydroxylation is 1. The van der Waals surface area contributed by atoms with Crippen LogP contribution in [0.15, 0.2) is 47.1 Å². The van der Waals surface area contributed by atoms with Crippen LogP contribution in [0.2, 0.25) is 0 Å². The zero-order valence-corrected chi connectivity index (χ0v) is 15.1. The molecule has 2 N–H and O–H groups in total. The minimum Gasteiger partial charge on any atom is -0.467 e. The van der Waals surface area contributed by atoms with Crippen LogP contribution in [-0.2, 0) is 6.54 Å². The number of amides is 1. The van der Waals surface area contributed by atoms with Crippen molar-refractivity contribution in [3.63, 3.8) is 0 Å². The minimum atomic E-state index is -0.00280. The molecule has 0 unspecified atom stereocenters. The number of rotatable bonds is 4. The Balaban J connectivity index is 1.42. The summed E-state index contributed by atoms with van der Waals surface area (Å²) < 4.78 is 5.29. The highest BCUT2D eigenvalue weighted by atomic mass is 32.1. The number of likely N-dealkylation sites (tertiary alicyclic amines) is 1. The van der Waals surface area contributed by atoms with E-state index in [0.29, 0.717) is 12.1 Å². The highest BCUT2D eigenvalue weighted by Gasteiger charge is 2.22. The number of nitrogens with one attached hydrogen (secondary N) is 2. The molecular weight excluding hydrogens is 334 g/mol. The summed E-state index contributed by atoms with van der Waals surface area (Å²) in [5, 5.41) is 7.08. The van der Waals surface area contributed by atoms with Crippen molar-refractivity contribution in [1.82, 2.24) is 15.5 Å². The summed E-state index contributed by atoms with van der Waals surface area (Å²) in [6.45, 7) is 4.28. The number of hydrogen-bond acceptors (Lipinski definition) is 3. The largest absolute Gasteiger partial charge is 0.467 e. The first-order chi connectivity index (χ1) is 12.1. The van der Waals surface area contributed by atoms with Crippen molar-refractivity contribution in [2.45, 2.75) is 32.4 Å². The Morgan fingerprint density at radius 3 is 2.60 bits per heavy atom. The highest BCUT2D eigenvalue weighted by molar-refractivity contribution is 7.80. The summed E-state index contributed by atoms with van der Waals surface area (Å²) in [6, 6.07) is 11.6. The number of hydrogen-bond donors (Lipinski definition) is 2. The Bertz CT molecular complexity index is 705. The van der Waals surface area contributed by atoms with Gasteiger partial charge in [-0.3, -0.25) is 4.79 Å². The molecule has 0 radical (unpaired) electrons. The smallest absolute Gasteiger partial charge is 0.251 e. The maximum absolute atomic E-state index is 12.3. The van der Waals surface area contributed by atoms with E-state index in [1.807, 2.05) is 43.3 Å². The molecule has 2 heterocycles. The highest BCUT2D eigenvalue weighted by Crippen LogP contribution is 2.12. The molecule has 5 nitrogen and oxygen atoms in total. The van der Waals surface area contributed by atoms with Crippen molar-refractivity contribution in [2.24, 2.45) is 0 Å². The molecule has 0 aliphatic carbocycles. The maximum Gasteiger partial charge on any atom is 0.251 e. The summed E-state index contributed by atoms with van der Waals surface area (Å²) in [5.41, 5.74) is 1.86. The third kappa shape index (κ3) is 4.82. The lowest BCUT2D eigenvalue weighted by Crippen LogP contribution is -2.49. The van der Waals surface area contributed by atoms with Crippen LogP contribution in [0.4, 0.5) is 0 Å². The predicted molar refractivity (Wildman–Crippen MR) is 101 cm³/mol. The maximum atomic E-state index is 12.3. The van der Waals surface area contributed by atoms with E-state index < -0.39 is 0 Å². The number of carbonyl (C=O) groups is 1. The lowest BCUT2D eigenvalue weighted by atomic mass is 10.0. The molecular formula is C19H23N3O2S. The van der Waals surface area contributed by atoms with E-state index in [9.17, 15) is 4.79 Å². The van der Waals surface area contributed by atoms with E-state index in [-0.39, 0.29) is 11.9 Å². The molecule has 0 saturated carbocycles. The molecule has 3 rings (SSSR count). The van der Waals surface area contributed by atoms with Crippen LogP contribution in [0.25, 0.3) is 0 Å². The SMILES string of the molecule is Cc1ccc(C(=O)NC2CCN(C(=S)NCc3ccco3)CC2)cc1. The van der Waals surface area contributed by atoms with Crippen LogP contribution >= 0.6 is 12.2 Å². The van der Waals surface area contributed by atoms with Crippen LogP contribution in [0, 0.1) is 6.92 Å². The van der Waals surface area contributed by atoms with Gasteiger partial charge >= 0.3 is 0 Å². The molecule has 0 bridgehead atoms. The first-order valence-corrected chi connectivity index (χ1v) is 8.95. The van der Waals surface area contributed by atoms with Crippen LogP contribution in [0.5, 0.6) is 0 Å². The topological polar surface area (TPSA) is 57.5 Å². The van der Waals surface area contributed by atoms with E-state index in [1.54, 1.807) is 6.26 Å². The summed E-state index contributed by atoms with van der Waals surface area (Å²) in [4.78, 5) is 14.4. The van der Waals surface area contributed by atoms with Crippen LogP contribution in [-0.4, -0.2) is 35.1 Å². The minimum absolute atomic E-state index is 0.00280. The zero-order valence-electron chi connectivity index (χ0n) is 14.3. The Hall–Kier alpha value is -2.34. The zero-order chi connectivity index (χ0) is 17.6. The molecule has 1 fully saturated rings. The molecule has 0 atom stereocenters. The van der Waals surface area contributed by atoms with Gasteiger partial charge in [0, 0.05) is 24.7 Å². The molecule has 1 aromatic carbocycles. The van der Waals surface area contributed by atoms with Crippen LogP contribution in [0.1, 0.15) is 34.5 Å². The van der Waals surface area contributed by atoms with Crippen molar-refractivity contribution >= 4 is 23.2 Å². The predicted octanol–water partition coefficient (Wildman–Crippen LogP) is 2.86. The Kier molecular flexibility index (Phi) is 5.71. The van der Waals surface area contributed by atoms with Gasteiger partial charge in [-0.05, 0) is 56.2 Å². The summed E-state index contributed by atoms with van der Waals surface area (Å²) >= 11 is 5.45. The van der Waals surface area contributed by atoms with Gasteiger partial charge in [0.1, 0.15) is 5.76 Å². The quantitative estimate of drug-likeness (QED) is 0.824. The number of thiocarbonyl (C=S) groups is 1. The molecule has 6 heteroatoms. The number of carbonyl (C=O) groups excluding carboxylic acids is 1. The van der Waals surface area contributed by atoms with Crippen molar-refractivity contribution in [3.8, 4) is 0 Å². The molecule has 1 aromatic heterocycles. The van der Waals surface area contributed by atoms with Crippen LogP contribution < -0.4 is 10.6 Å². The Morgan fingerprint density at radius 1 is 1.24 bits per heavy atom. The van der Waals surface area contributed by atoms with Gasteiger partial charge in [-0.1, -0.05) is 17.7 Å². The average molecular weight is 357 g/mol. The van der Waals surface area contributed by atoms with Gasteiger partial charge in [0.05, 0.1) is 12.8 Å². The van der Waals surface area contributed by atoms with E-state index >= 15 is 0 Å². The number of benzene rings is 1. The number of nitrogens with zero attached hydrogens (tertiary/aromatic N) is 1. The standard InChI is InChI=1S/C19H23N3O2S/c1-14-4-6-15(7-5-14)18(23)21-16-8-10-22(11-9-16)19(25)20-13-17-3-2-12-24-17/h2-7,12,16H,8-11,13H2,1H3,(H,20,25)(H,21,23). The average Bonchev–Trinajstić information content (AvgIpc) is 3.14.